The van der Waals surface area contributed by atoms with E-state index in [9.17, 15) is 0 Å². The third kappa shape index (κ3) is 1.97. The summed E-state index contributed by atoms with van der Waals surface area (Å²) in [5, 5.41) is 0. The van der Waals surface area contributed by atoms with Crippen molar-refractivity contribution in [2.75, 3.05) is 23.7 Å². The van der Waals surface area contributed by atoms with Crippen molar-refractivity contribution in [3.8, 4) is 0 Å². The molecule has 0 spiro atoms. The van der Waals surface area contributed by atoms with Gasteiger partial charge in [0, 0.05) is 24.2 Å². The number of rotatable bonds is 2. The quantitative estimate of drug-likeness (QED) is 0.893. The van der Waals surface area contributed by atoms with Crippen LogP contribution in [0.4, 0.5) is 11.8 Å². The first-order chi connectivity index (χ1) is 9.19. The molecule has 5 nitrogen and oxygen atoms in total. The number of furan rings is 1. The largest absolute Gasteiger partial charge is 0.465 e. The fraction of sp³-hybridized carbons (Fsp3) is 0.286. The molecule has 2 N–H and O–H groups in total. The van der Waals surface area contributed by atoms with E-state index in [4.69, 9.17) is 10.2 Å². The summed E-state index contributed by atoms with van der Waals surface area (Å²) in [6.07, 6.45) is 3.78. The van der Waals surface area contributed by atoms with Gasteiger partial charge in [-0.15, -0.1) is 0 Å². The van der Waals surface area contributed by atoms with Crippen molar-refractivity contribution >= 4 is 23.4 Å². The van der Waals surface area contributed by atoms with Crippen LogP contribution in [0.3, 0.4) is 0 Å². The van der Waals surface area contributed by atoms with Crippen molar-refractivity contribution in [3.05, 3.63) is 35.4 Å². The maximum absolute atomic E-state index is 5.74. The van der Waals surface area contributed by atoms with Crippen molar-refractivity contribution in [1.29, 1.82) is 0 Å². The summed E-state index contributed by atoms with van der Waals surface area (Å²) in [6, 6.07) is 3.87. The van der Waals surface area contributed by atoms with Gasteiger partial charge in [0.15, 0.2) is 0 Å². The van der Waals surface area contributed by atoms with Gasteiger partial charge in [-0.3, -0.25) is 0 Å². The Morgan fingerprint density at radius 2 is 2.26 bits per heavy atom. The highest BCUT2D eigenvalue weighted by Crippen LogP contribution is 2.33. The Labute approximate surface area is 111 Å². The van der Waals surface area contributed by atoms with Gasteiger partial charge in [0.25, 0.3) is 0 Å². The van der Waals surface area contributed by atoms with E-state index < -0.39 is 0 Å². The molecule has 3 rings (SSSR count). The van der Waals surface area contributed by atoms with Crippen LogP contribution in [0.5, 0.6) is 0 Å². The number of aromatic nitrogens is 2. The van der Waals surface area contributed by atoms with Gasteiger partial charge in [-0.1, -0.05) is 0 Å². The number of likely N-dealkylation sites (N-methyl/N-ethyl adjacent to an activating group) is 1. The molecule has 19 heavy (non-hydrogen) atoms. The molecule has 0 bridgehead atoms. The summed E-state index contributed by atoms with van der Waals surface area (Å²) >= 11 is 0. The zero-order valence-electron chi connectivity index (χ0n) is 11.1. The summed E-state index contributed by atoms with van der Waals surface area (Å²) in [7, 11) is 0. The van der Waals surface area contributed by atoms with Crippen LogP contribution in [0.2, 0.25) is 0 Å². The fourth-order valence-electron chi connectivity index (χ4n) is 2.37. The van der Waals surface area contributed by atoms with Crippen LogP contribution in [-0.4, -0.2) is 23.1 Å². The Kier molecular flexibility index (Phi) is 2.74. The maximum Gasteiger partial charge on any atom is 0.222 e. The van der Waals surface area contributed by atoms with Crippen LogP contribution in [0, 0.1) is 6.92 Å². The summed E-state index contributed by atoms with van der Waals surface area (Å²) < 4.78 is 5.48. The lowest BCUT2D eigenvalue weighted by Gasteiger charge is -2.29. The minimum atomic E-state index is 0.324. The number of nitrogens with zero attached hydrogens (tertiary/aromatic N) is 3. The molecular weight excluding hydrogens is 240 g/mol. The van der Waals surface area contributed by atoms with Gasteiger partial charge in [0.1, 0.15) is 11.6 Å². The molecule has 2 aromatic rings. The standard InChI is InChI=1S/C14H16N4O/c1-3-18-8-10(12-5-4-6-19-12)7-11-9(2)16-14(15)17-13(11)18/h4-7H,3,8H2,1-2H3,(H2,15,16,17). The Morgan fingerprint density at radius 3 is 2.95 bits per heavy atom. The van der Waals surface area contributed by atoms with Crippen molar-refractivity contribution in [2.45, 2.75) is 13.8 Å². The zero-order chi connectivity index (χ0) is 13.4. The summed E-state index contributed by atoms with van der Waals surface area (Å²) in [4.78, 5) is 10.8. The Morgan fingerprint density at radius 1 is 1.42 bits per heavy atom. The summed E-state index contributed by atoms with van der Waals surface area (Å²) in [5.74, 6) is 2.12. The second-order valence-corrected chi connectivity index (χ2v) is 4.57. The molecular formula is C14H16N4O. The molecule has 0 aromatic carbocycles. The predicted molar refractivity (Wildman–Crippen MR) is 75.6 cm³/mol. The first kappa shape index (κ1) is 11.8. The third-order valence-electron chi connectivity index (χ3n) is 3.33. The lowest BCUT2D eigenvalue weighted by molar-refractivity contribution is 0.551. The van der Waals surface area contributed by atoms with E-state index in [-0.39, 0.29) is 0 Å². The summed E-state index contributed by atoms with van der Waals surface area (Å²) in [6.45, 7) is 5.68. The average Bonchev–Trinajstić information content (AvgIpc) is 2.91. The van der Waals surface area contributed by atoms with E-state index in [2.05, 4.69) is 27.9 Å². The molecule has 98 valence electrons. The molecule has 1 aliphatic heterocycles. The molecule has 3 heterocycles. The molecule has 0 fully saturated rings. The number of anilines is 2. The van der Waals surface area contributed by atoms with Crippen LogP contribution in [0.15, 0.2) is 22.8 Å². The van der Waals surface area contributed by atoms with Crippen molar-refractivity contribution in [1.82, 2.24) is 9.97 Å². The fourth-order valence-corrected chi connectivity index (χ4v) is 2.37. The number of hydrogen-bond donors (Lipinski definition) is 1. The Balaban J connectivity index is 2.15. The van der Waals surface area contributed by atoms with Gasteiger partial charge in [-0.2, -0.15) is 4.98 Å². The van der Waals surface area contributed by atoms with E-state index in [1.54, 1.807) is 6.26 Å². The smallest absolute Gasteiger partial charge is 0.222 e. The molecule has 0 aliphatic carbocycles. The molecule has 2 aromatic heterocycles. The monoisotopic (exact) mass is 256 g/mol. The highest BCUT2D eigenvalue weighted by molar-refractivity contribution is 5.89. The van der Waals surface area contributed by atoms with Gasteiger partial charge >= 0.3 is 0 Å². The molecule has 0 amide bonds. The van der Waals surface area contributed by atoms with Crippen LogP contribution >= 0.6 is 0 Å². The highest BCUT2D eigenvalue weighted by Gasteiger charge is 2.22. The van der Waals surface area contributed by atoms with Crippen LogP contribution in [0.25, 0.3) is 11.6 Å². The van der Waals surface area contributed by atoms with Crippen molar-refractivity contribution < 1.29 is 4.42 Å². The van der Waals surface area contributed by atoms with Crippen LogP contribution in [0.1, 0.15) is 23.9 Å². The lowest BCUT2D eigenvalue weighted by atomic mass is 10.0. The lowest BCUT2D eigenvalue weighted by Crippen LogP contribution is -2.29. The SMILES string of the molecule is CCN1CC(c2ccco2)=Cc2c(C)nc(N)nc21. The van der Waals surface area contributed by atoms with E-state index >= 15 is 0 Å². The number of fused-ring (bicyclic) bond motifs is 1. The molecule has 0 saturated heterocycles. The normalized spacial score (nSPS) is 14.2. The second-order valence-electron chi connectivity index (χ2n) is 4.57. The molecule has 0 unspecified atom stereocenters. The first-order valence-corrected chi connectivity index (χ1v) is 6.32. The number of hydrogen-bond acceptors (Lipinski definition) is 5. The van der Waals surface area contributed by atoms with Crippen LogP contribution < -0.4 is 10.6 Å². The number of nitrogen functional groups attached to an aromatic ring is 1. The van der Waals surface area contributed by atoms with E-state index in [0.717, 1.165) is 41.5 Å². The minimum Gasteiger partial charge on any atom is -0.465 e. The topological polar surface area (TPSA) is 68.2 Å². The van der Waals surface area contributed by atoms with Gasteiger partial charge in [0.05, 0.1) is 12.0 Å². The molecule has 5 heteroatoms. The molecule has 0 saturated carbocycles. The number of aryl methyl sites for hydroxylation is 1. The van der Waals surface area contributed by atoms with Gasteiger partial charge < -0.3 is 15.1 Å². The van der Waals surface area contributed by atoms with Crippen molar-refractivity contribution in [2.24, 2.45) is 0 Å². The predicted octanol–water partition coefficient (Wildman–Crippen LogP) is 2.34. The minimum absolute atomic E-state index is 0.324. The van der Waals surface area contributed by atoms with E-state index in [1.807, 2.05) is 19.1 Å². The van der Waals surface area contributed by atoms with Gasteiger partial charge in [-0.05, 0) is 32.1 Å². The molecule has 0 radical (unpaired) electrons. The Bertz CT molecular complexity index is 631. The van der Waals surface area contributed by atoms with Crippen molar-refractivity contribution in [3.63, 3.8) is 0 Å². The second kappa shape index (κ2) is 4.42. The summed E-state index contributed by atoms with van der Waals surface area (Å²) in [5.41, 5.74) is 8.79. The molecule has 0 atom stereocenters. The van der Waals surface area contributed by atoms with E-state index in [1.165, 1.54) is 0 Å². The first-order valence-electron chi connectivity index (χ1n) is 6.32. The average molecular weight is 256 g/mol. The third-order valence-corrected chi connectivity index (χ3v) is 3.33. The van der Waals surface area contributed by atoms with Gasteiger partial charge in [-0.25, -0.2) is 4.98 Å². The van der Waals surface area contributed by atoms with Gasteiger partial charge in [0.2, 0.25) is 5.95 Å². The number of nitrogens with two attached hydrogens (primary N) is 1. The highest BCUT2D eigenvalue weighted by atomic mass is 16.3. The Hall–Kier alpha value is -2.30. The maximum atomic E-state index is 5.74. The van der Waals surface area contributed by atoms with Crippen LogP contribution in [-0.2, 0) is 0 Å². The molecule has 1 aliphatic rings. The zero-order valence-corrected chi connectivity index (χ0v) is 11.1. The van der Waals surface area contributed by atoms with E-state index in [0.29, 0.717) is 5.95 Å².